The van der Waals surface area contributed by atoms with Crippen LogP contribution in [-0.4, -0.2) is 70.0 Å². The fourth-order valence-corrected chi connectivity index (χ4v) is 5.82. The molecular formula is C23H24N2O6S. The molecule has 168 valence electrons. The average molecular weight is 457 g/mol. The van der Waals surface area contributed by atoms with Gasteiger partial charge in [-0.1, -0.05) is 30.3 Å². The smallest absolute Gasteiger partial charge is 0.256 e. The van der Waals surface area contributed by atoms with Crippen LogP contribution in [0, 0.1) is 0 Å². The van der Waals surface area contributed by atoms with Gasteiger partial charge in [0.2, 0.25) is 10.0 Å². The van der Waals surface area contributed by atoms with Gasteiger partial charge in [0.15, 0.2) is 17.6 Å². The van der Waals surface area contributed by atoms with E-state index in [4.69, 9.17) is 14.2 Å². The maximum Gasteiger partial charge on any atom is 0.256 e. The summed E-state index contributed by atoms with van der Waals surface area (Å²) in [6, 6.07) is 14.1. The minimum absolute atomic E-state index is 0.116. The lowest BCUT2D eigenvalue weighted by Gasteiger charge is -2.26. The quantitative estimate of drug-likeness (QED) is 0.640. The number of hydrogen-bond acceptors (Lipinski definition) is 6. The molecule has 8 nitrogen and oxygen atoms in total. The molecule has 0 aromatic heterocycles. The van der Waals surface area contributed by atoms with Crippen molar-refractivity contribution in [3.63, 3.8) is 0 Å². The minimum Gasteiger partial charge on any atom is -0.486 e. The molecule has 2 aromatic carbocycles. The van der Waals surface area contributed by atoms with E-state index in [1.807, 2.05) is 30.3 Å². The van der Waals surface area contributed by atoms with E-state index in [-0.39, 0.29) is 23.9 Å². The molecular weight excluding hydrogens is 432 g/mol. The summed E-state index contributed by atoms with van der Waals surface area (Å²) in [6.07, 6.45) is -0.672. The van der Waals surface area contributed by atoms with Crippen LogP contribution in [0.3, 0.4) is 0 Å². The third kappa shape index (κ3) is 3.66. The van der Waals surface area contributed by atoms with Crippen LogP contribution < -0.4 is 9.47 Å². The number of hydrogen-bond donors (Lipinski definition) is 0. The third-order valence-electron chi connectivity index (χ3n) is 6.02. The molecule has 1 unspecified atom stereocenters. The van der Waals surface area contributed by atoms with Gasteiger partial charge in [0.1, 0.15) is 13.2 Å². The number of fused-ring (bicyclic) bond motifs is 1. The van der Waals surface area contributed by atoms with Crippen LogP contribution in [0.15, 0.2) is 64.6 Å². The van der Waals surface area contributed by atoms with E-state index >= 15 is 0 Å². The Morgan fingerprint density at radius 1 is 0.938 bits per heavy atom. The van der Waals surface area contributed by atoms with E-state index in [9.17, 15) is 13.2 Å². The standard InChI is InChI=1S/C23H24N2O6S/c1-29-22(16-5-3-2-4-6-16)23(26)24-12-17-14-25(15-18(17)13-24)32(27,28)19-7-8-20-21(11-19)31-10-9-30-20/h2-8,11,22H,9-10,12-15H2,1H3. The second kappa shape index (κ2) is 8.23. The molecule has 9 heteroatoms. The van der Waals surface area contributed by atoms with Gasteiger partial charge in [0, 0.05) is 39.4 Å². The summed E-state index contributed by atoms with van der Waals surface area (Å²) in [4.78, 5) is 15.0. The topological polar surface area (TPSA) is 85.4 Å². The fraction of sp³-hybridized carbons (Fsp3) is 0.348. The van der Waals surface area contributed by atoms with Gasteiger partial charge in [-0.3, -0.25) is 4.79 Å². The molecule has 0 saturated heterocycles. The number of ether oxygens (including phenoxy) is 3. The van der Waals surface area contributed by atoms with E-state index in [2.05, 4.69) is 0 Å². The molecule has 0 radical (unpaired) electrons. The molecule has 0 fully saturated rings. The molecule has 0 bridgehead atoms. The van der Waals surface area contributed by atoms with Crippen molar-refractivity contribution >= 4 is 15.9 Å². The zero-order valence-electron chi connectivity index (χ0n) is 17.7. The Hall–Kier alpha value is -2.88. The first-order chi connectivity index (χ1) is 15.5. The van der Waals surface area contributed by atoms with Crippen molar-refractivity contribution in [2.75, 3.05) is 46.5 Å². The van der Waals surface area contributed by atoms with Crippen LogP contribution in [0.25, 0.3) is 0 Å². The number of rotatable bonds is 5. The van der Waals surface area contributed by atoms with Crippen molar-refractivity contribution in [2.24, 2.45) is 0 Å². The van der Waals surface area contributed by atoms with Gasteiger partial charge in [-0.2, -0.15) is 4.31 Å². The number of benzene rings is 2. The van der Waals surface area contributed by atoms with Crippen molar-refractivity contribution in [3.05, 3.63) is 65.2 Å². The molecule has 0 spiro atoms. The molecule has 5 rings (SSSR count). The van der Waals surface area contributed by atoms with E-state index in [0.29, 0.717) is 37.8 Å². The zero-order valence-corrected chi connectivity index (χ0v) is 18.5. The Morgan fingerprint density at radius 3 is 2.25 bits per heavy atom. The lowest BCUT2D eigenvalue weighted by molar-refractivity contribution is -0.141. The Labute approximate surface area is 187 Å². The van der Waals surface area contributed by atoms with E-state index < -0.39 is 16.1 Å². The maximum atomic E-state index is 13.2. The van der Waals surface area contributed by atoms with Crippen LogP contribution in [-0.2, 0) is 19.6 Å². The van der Waals surface area contributed by atoms with Crippen LogP contribution in [0.4, 0.5) is 0 Å². The SMILES string of the molecule is COC(C(=O)N1CC2=C(C1)CN(S(=O)(=O)c1ccc3c(c1)OCCO3)C2)c1ccccc1. The van der Waals surface area contributed by atoms with Gasteiger partial charge in [0.05, 0.1) is 4.90 Å². The summed E-state index contributed by atoms with van der Waals surface area (Å²) in [7, 11) is -2.17. The molecule has 0 aliphatic carbocycles. The molecule has 3 heterocycles. The lowest BCUT2D eigenvalue weighted by Crippen LogP contribution is -2.38. The van der Waals surface area contributed by atoms with Gasteiger partial charge >= 0.3 is 0 Å². The largest absolute Gasteiger partial charge is 0.486 e. The summed E-state index contributed by atoms with van der Waals surface area (Å²) in [5.41, 5.74) is 2.75. The van der Waals surface area contributed by atoms with E-state index in [1.54, 1.807) is 17.0 Å². The summed E-state index contributed by atoms with van der Waals surface area (Å²) >= 11 is 0. The van der Waals surface area contributed by atoms with Crippen LogP contribution in [0.1, 0.15) is 11.7 Å². The van der Waals surface area contributed by atoms with Gasteiger partial charge in [0.25, 0.3) is 5.91 Å². The van der Waals surface area contributed by atoms with Crippen molar-refractivity contribution in [1.82, 2.24) is 9.21 Å². The van der Waals surface area contributed by atoms with Gasteiger partial charge < -0.3 is 19.1 Å². The molecule has 0 saturated carbocycles. The molecule has 0 N–H and O–H groups in total. The number of amides is 1. The number of carbonyl (C=O) groups is 1. The molecule has 3 aliphatic heterocycles. The van der Waals surface area contributed by atoms with E-state index in [0.717, 1.165) is 16.7 Å². The Kier molecular flexibility index (Phi) is 5.40. The van der Waals surface area contributed by atoms with Crippen molar-refractivity contribution in [1.29, 1.82) is 0 Å². The second-order valence-corrected chi connectivity index (χ2v) is 9.94. The van der Waals surface area contributed by atoms with Crippen molar-refractivity contribution in [3.8, 4) is 11.5 Å². The molecule has 3 aliphatic rings. The van der Waals surface area contributed by atoms with Crippen LogP contribution in [0.2, 0.25) is 0 Å². The first-order valence-corrected chi connectivity index (χ1v) is 11.9. The molecule has 32 heavy (non-hydrogen) atoms. The summed E-state index contributed by atoms with van der Waals surface area (Å²) in [5, 5.41) is 0. The Morgan fingerprint density at radius 2 is 1.59 bits per heavy atom. The van der Waals surface area contributed by atoms with E-state index in [1.165, 1.54) is 17.5 Å². The van der Waals surface area contributed by atoms with Gasteiger partial charge in [-0.25, -0.2) is 8.42 Å². The number of nitrogens with zero attached hydrogens (tertiary/aromatic N) is 2. The van der Waals surface area contributed by atoms with Crippen molar-refractivity contribution < 1.29 is 27.4 Å². The highest BCUT2D eigenvalue weighted by atomic mass is 32.2. The summed E-state index contributed by atoms with van der Waals surface area (Å²) in [6.45, 7) is 2.22. The first kappa shape index (κ1) is 21.0. The lowest BCUT2D eigenvalue weighted by atomic mass is 10.1. The average Bonchev–Trinajstić information content (AvgIpc) is 3.40. The normalized spacial score (nSPS) is 19.2. The Balaban J connectivity index is 1.27. The van der Waals surface area contributed by atoms with Gasteiger partial charge in [-0.05, 0) is 28.8 Å². The monoisotopic (exact) mass is 456 g/mol. The number of methoxy groups -OCH3 is 1. The highest BCUT2D eigenvalue weighted by Crippen LogP contribution is 2.36. The highest BCUT2D eigenvalue weighted by molar-refractivity contribution is 7.89. The third-order valence-corrected chi connectivity index (χ3v) is 7.81. The number of sulfonamides is 1. The van der Waals surface area contributed by atoms with Gasteiger partial charge in [-0.15, -0.1) is 0 Å². The maximum absolute atomic E-state index is 13.2. The van der Waals surface area contributed by atoms with Crippen LogP contribution >= 0.6 is 0 Å². The predicted octanol–water partition coefficient (Wildman–Crippen LogP) is 1.99. The highest BCUT2D eigenvalue weighted by Gasteiger charge is 2.39. The van der Waals surface area contributed by atoms with Crippen molar-refractivity contribution in [2.45, 2.75) is 11.0 Å². The molecule has 1 atom stereocenters. The Bertz CT molecular complexity index is 1160. The predicted molar refractivity (Wildman–Crippen MR) is 116 cm³/mol. The zero-order chi connectivity index (χ0) is 22.3. The summed E-state index contributed by atoms with van der Waals surface area (Å²) < 4.78 is 44.4. The molecule has 1 amide bonds. The molecule has 2 aromatic rings. The fourth-order valence-electron chi connectivity index (χ4n) is 4.38. The summed E-state index contributed by atoms with van der Waals surface area (Å²) in [5.74, 6) is 0.882. The number of carbonyl (C=O) groups excluding carboxylic acids is 1. The first-order valence-electron chi connectivity index (χ1n) is 10.4. The minimum atomic E-state index is -3.69. The second-order valence-electron chi connectivity index (χ2n) is 8.01. The van der Waals surface area contributed by atoms with Crippen LogP contribution in [0.5, 0.6) is 11.5 Å².